The zero-order valence-corrected chi connectivity index (χ0v) is 14.7. The third kappa shape index (κ3) is 2.69. The zero-order valence-electron chi connectivity index (χ0n) is 13.1. The van der Waals surface area contributed by atoms with E-state index >= 15 is 0 Å². The van der Waals surface area contributed by atoms with Crippen LogP contribution in [0, 0.1) is 5.82 Å². The van der Waals surface area contributed by atoms with E-state index in [9.17, 15) is 9.18 Å². The lowest BCUT2D eigenvalue weighted by Gasteiger charge is -2.30. The smallest absolute Gasteiger partial charge is 0.317 e. The lowest BCUT2D eigenvalue weighted by atomic mass is 10.0. The van der Waals surface area contributed by atoms with E-state index in [4.69, 9.17) is 0 Å². The lowest BCUT2D eigenvalue weighted by molar-refractivity contribution is 0.200. The van der Waals surface area contributed by atoms with E-state index in [0.29, 0.717) is 6.54 Å². The number of anilines is 1. The van der Waals surface area contributed by atoms with E-state index < -0.39 is 0 Å². The first-order valence-electron chi connectivity index (χ1n) is 8.11. The van der Waals surface area contributed by atoms with Crippen molar-refractivity contribution in [1.29, 1.82) is 0 Å². The summed E-state index contributed by atoms with van der Waals surface area (Å²) in [7, 11) is 0. The van der Waals surface area contributed by atoms with Crippen LogP contribution in [-0.4, -0.2) is 29.0 Å². The molecule has 3 heterocycles. The van der Waals surface area contributed by atoms with E-state index in [0.717, 1.165) is 47.2 Å². The van der Waals surface area contributed by atoms with Crippen LogP contribution in [0.1, 0.15) is 30.1 Å². The van der Waals surface area contributed by atoms with Crippen LogP contribution in [-0.2, 0) is 6.42 Å². The van der Waals surface area contributed by atoms with Crippen molar-refractivity contribution >= 4 is 27.6 Å². The van der Waals surface area contributed by atoms with Gasteiger partial charge in [-0.2, -0.15) is 0 Å². The fraction of sp³-hybridized carbons (Fsp3) is 0.333. The van der Waals surface area contributed by atoms with E-state index in [-0.39, 0.29) is 17.9 Å². The molecule has 1 atom stereocenters. The van der Waals surface area contributed by atoms with Crippen LogP contribution in [0.15, 0.2) is 41.0 Å². The number of rotatable bonds is 1. The number of benzene rings is 1. The van der Waals surface area contributed by atoms with Gasteiger partial charge in [-0.3, -0.25) is 9.88 Å². The maximum atomic E-state index is 13.2. The number of pyridine rings is 1. The second-order valence-electron chi connectivity index (χ2n) is 6.21. The molecule has 2 amide bonds. The van der Waals surface area contributed by atoms with Crippen molar-refractivity contribution < 1.29 is 9.18 Å². The summed E-state index contributed by atoms with van der Waals surface area (Å²) in [5.41, 5.74) is 2.84. The summed E-state index contributed by atoms with van der Waals surface area (Å²) >= 11 is 3.43. The molecule has 6 heteroatoms. The summed E-state index contributed by atoms with van der Waals surface area (Å²) < 4.78 is 14.1. The highest BCUT2D eigenvalue weighted by molar-refractivity contribution is 9.10. The first-order chi connectivity index (χ1) is 11.6. The minimum atomic E-state index is -0.251. The van der Waals surface area contributed by atoms with E-state index in [2.05, 4.69) is 20.9 Å². The number of fused-ring (bicyclic) bond motifs is 1. The Bertz CT molecular complexity index is 780. The molecule has 1 fully saturated rings. The zero-order chi connectivity index (χ0) is 16.7. The normalized spacial score (nSPS) is 19.7. The maximum Gasteiger partial charge on any atom is 0.325 e. The van der Waals surface area contributed by atoms with Crippen molar-refractivity contribution in [1.82, 2.24) is 9.88 Å². The van der Waals surface area contributed by atoms with Gasteiger partial charge in [-0.05, 0) is 52.5 Å². The molecule has 0 aliphatic carbocycles. The van der Waals surface area contributed by atoms with Crippen LogP contribution in [0.3, 0.4) is 0 Å². The van der Waals surface area contributed by atoms with Gasteiger partial charge in [0.2, 0.25) is 0 Å². The molecule has 24 heavy (non-hydrogen) atoms. The fourth-order valence-electron chi connectivity index (χ4n) is 3.60. The fourth-order valence-corrected chi connectivity index (χ4v) is 3.92. The van der Waals surface area contributed by atoms with E-state index in [1.54, 1.807) is 18.3 Å². The molecule has 0 saturated carbocycles. The number of aromatic nitrogens is 1. The van der Waals surface area contributed by atoms with Gasteiger partial charge in [0.15, 0.2) is 0 Å². The third-order valence-electron chi connectivity index (χ3n) is 4.76. The van der Waals surface area contributed by atoms with Crippen LogP contribution < -0.4 is 4.90 Å². The molecule has 1 aromatic carbocycles. The van der Waals surface area contributed by atoms with E-state index in [1.165, 1.54) is 12.1 Å². The molecule has 0 spiro atoms. The number of likely N-dealkylation sites (tertiary alicyclic amines) is 1. The summed E-state index contributed by atoms with van der Waals surface area (Å²) in [6.07, 6.45) is 4.42. The van der Waals surface area contributed by atoms with Gasteiger partial charge in [-0.15, -0.1) is 0 Å². The standard InChI is InChI=1S/C18H17BrFN3O/c19-13-10-17-15(21-11-13)7-9-23(17)18(24)22-8-1-2-16(22)12-3-5-14(20)6-4-12/h3-6,10-11,16H,1-2,7-9H2/t16-/m0/s1. The summed E-state index contributed by atoms with van der Waals surface area (Å²) in [5.74, 6) is -0.251. The highest BCUT2D eigenvalue weighted by atomic mass is 79.9. The van der Waals surface area contributed by atoms with Crippen molar-refractivity contribution in [2.75, 3.05) is 18.0 Å². The summed E-state index contributed by atoms with van der Waals surface area (Å²) in [6.45, 7) is 1.39. The summed E-state index contributed by atoms with van der Waals surface area (Å²) in [5, 5.41) is 0. The van der Waals surface area contributed by atoms with Gasteiger partial charge < -0.3 is 4.90 Å². The largest absolute Gasteiger partial charge is 0.325 e. The Balaban J connectivity index is 1.61. The highest BCUT2D eigenvalue weighted by Gasteiger charge is 2.36. The molecule has 4 nitrogen and oxygen atoms in total. The Morgan fingerprint density at radius 3 is 2.83 bits per heavy atom. The first-order valence-corrected chi connectivity index (χ1v) is 8.91. The van der Waals surface area contributed by atoms with Gasteiger partial charge in [0.25, 0.3) is 0 Å². The topological polar surface area (TPSA) is 36.4 Å². The Hall–Kier alpha value is -1.95. The minimum absolute atomic E-state index is 0.0143. The van der Waals surface area contributed by atoms with Crippen molar-refractivity contribution in [3.8, 4) is 0 Å². The molecule has 1 saturated heterocycles. The van der Waals surface area contributed by atoms with Crippen LogP contribution >= 0.6 is 15.9 Å². The van der Waals surface area contributed by atoms with Gasteiger partial charge in [-0.1, -0.05) is 12.1 Å². The predicted octanol–water partition coefficient (Wildman–Crippen LogP) is 4.30. The highest BCUT2D eigenvalue weighted by Crippen LogP contribution is 2.36. The average molecular weight is 390 g/mol. The number of carbonyl (C=O) groups is 1. The molecule has 0 bridgehead atoms. The molecule has 2 aliphatic rings. The number of nitrogens with zero attached hydrogens (tertiary/aromatic N) is 3. The minimum Gasteiger partial charge on any atom is -0.317 e. The number of halogens is 2. The van der Waals surface area contributed by atoms with E-state index in [1.807, 2.05) is 15.9 Å². The van der Waals surface area contributed by atoms with Gasteiger partial charge in [0, 0.05) is 30.2 Å². The molecule has 2 aliphatic heterocycles. The number of hydrogen-bond donors (Lipinski definition) is 0. The quantitative estimate of drug-likeness (QED) is 0.728. The van der Waals surface area contributed by atoms with Crippen molar-refractivity contribution in [3.05, 3.63) is 58.1 Å². The van der Waals surface area contributed by atoms with Crippen LogP contribution in [0.2, 0.25) is 0 Å². The van der Waals surface area contributed by atoms with Crippen LogP contribution in [0.5, 0.6) is 0 Å². The molecule has 4 rings (SSSR count). The second kappa shape index (κ2) is 6.16. The molecular weight excluding hydrogens is 373 g/mol. The van der Waals surface area contributed by atoms with Crippen LogP contribution in [0.25, 0.3) is 0 Å². The molecule has 2 aromatic rings. The Morgan fingerprint density at radius 1 is 1.25 bits per heavy atom. The molecular formula is C18H17BrFN3O. The molecule has 124 valence electrons. The van der Waals surface area contributed by atoms with Crippen LogP contribution in [0.4, 0.5) is 14.9 Å². The maximum absolute atomic E-state index is 13.2. The first kappa shape index (κ1) is 15.6. The second-order valence-corrected chi connectivity index (χ2v) is 7.12. The molecule has 0 unspecified atom stereocenters. The SMILES string of the molecule is O=C(N1CCc2ncc(Br)cc21)N1CCC[C@H]1c1ccc(F)cc1. The predicted molar refractivity (Wildman–Crippen MR) is 93.5 cm³/mol. The van der Waals surface area contributed by atoms with Crippen molar-refractivity contribution in [2.24, 2.45) is 0 Å². The Morgan fingerprint density at radius 2 is 2.04 bits per heavy atom. The number of amides is 2. The number of carbonyl (C=O) groups excluding carboxylic acids is 1. The van der Waals surface area contributed by atoms with Crippen molar-refractivity contribution in [2.45, 2.75) is 25.3 Å². The average Bonchev–Trinajstić information content (AvgIpc) is 3.21. The third-order valence-corrected chi connectivity index (χ3v) is 5.19. The van der Waals surface area contributed by atoms with Gasteiger partial charge in [0.05, 0.1) is 17.4 Å². The molecule has 1 aromatic heterocycles. The summed E-state index contributed by atoms with van der Waals surface area (Å²) in [6, 6.07) is 8.47. The number of hydrogen-bond acceptors (Lipinski definition) is 2. The van der Waals surface area contributed by atoms with Gasteiger partial charge >= 0.3 is 6.03 Å². The van der Waals surface area contributed by atoms with Gasteiger partial charge in [0.1, 0.15) is 5.82 Å². The Kier molecular flexibility index (Phi) is 4.00. The summed E-state index contributed by atoms with van der Waals surface area (Å²) in [4.78, 5) is 21.2. The lowest BCUT2D eigenvalue weighted by Crippen LogP contribution is -2.42. The molecule has 0 radical (unpaired) electrons. The van der Waals surface area contributed by atoms with Gasteiger partial charge in [-0.25, -0.2) is 9.18 Å². The molecule has 0 N–H and O–H groups in total. The number of urea groups is 1. The monoisotopic (exact) mass is 389 g/mol. The van der Waals surface area contributed by atoms with Crippen molar-refractivity contribution in [3.63, 3.8) is 0 Å². The Labute approximate surface area is 148 Å².